The lowest BCUT2D eigenvalue weighted by Gasteiger charge is -2.16. The second-order valence-electron chi connectivity index (χ2n) is 6.52. The molecule has 0 aliphatic carbocycles. The standard InChI is InChI=1S/C20H19BrN2O2.ClH/c21-16-6-7-18-14(8-16)9-19(25-18)20(24)23-11-15(10-22)17(12-23)13-4-2-1-3-5-13;/h1-9,15,17H,10-12,22H2;1H/t15-,17+;/m1./s1. The molecule has 4 rings (SSSR count). The van der Waals surface area contributed by atoms with Crippen molar-refractivity contribution in [2.45, 2.75) is 5.92 Å². The van der Waals surface area contributed by atoms with Gasteiger partial charge in [-0.05, 0) is 42.3 Å². The van der Waals surface area contributed by atoms with Crippen LogP contribution in [0.15, 0.2) is 63.5 Å². The molecule has 0 bridgehead atoms. The van der Waals surface area contributed by atoms with Crippen LogP contribution in [-0.2, 0) is 0 Å². The highest BCUT2D eigenvalue weighted by Gasteiger charge is 2.36. The molecule has 4 nitrogen and oxygen atoms in total. The molecule has 0 unspecified atom stereocenters. The van der Waals surface area contributed by atoms with Crippen molar-refractivity contribution in [3.8, 4) is 0 Å². The summed E-state index contributed by atoms with van der Waals surface area (Å²) in [5.41, 5.74) is 7.93. The van der Waals surface area contributed by atoms with Gasteiger partial charge in [0.1, 0.15) is 5.58 Å². The van der Waals surface area contributed by atoms with E-state index in [2.05, 4.69) is 28.1 Å². The van der Waals surface area contributed by atoms with Crippen LogP contribution in [0.1, 0.15) is 22.0 Å². The van der Waals surface area contributed by atoms with E-state index < -0.39 is 0 Å². The highest BCUT2D eigenvalue weighted by Crippen LogP contribution is 2.33. The summed E-state index contributed by atoms with van der Waals surface area (Å²) in [6.07, 6.45) is 0. The van der Waals surface area contributed by atoms with Crippen molar-refractivity contribution >= 4 is 45.2 Å². The monoisotopic (exact) mass is 434 g/mol. The van der Waals surface area contributed by atoms with Gasteiger partial charge in [0.2, 0.25) is 0 Å². The van der Waals surface area contributed by atoms with Gasteiger partial charge in [0, 0.05) is 28.9 Å². The first kappa shape index (κ1) is 19.0. The predicted molar refractivity (Wildman–Crippen MR) is 109 cm³/mol. The smallest absolute Gasteiger partial charge is 0.289 e. The van der Waals surface area contributed by atoms with Crippen LogP contribution in [0.25, 0.3) is 11.0 Å². The average molecular weight is 436 g/mol. The molecule has 3 aromatic rings. The molecule has 0 spiro atoms. The number of likely N-dealkylation sites (tertiary alicyclic amines) is 1. The fourth-order valence-electron chi connectivity index (χ4n) is 3.63. The van der Waals surface area contributed by atoms with Crippen LogP contribution < -0.4 is 5.73 Å². The minimum atomic E-state index is -0.0656. The van der Waals surface area contributed by atoms with Gasteiger partial charge in [0.05, 0.1) is 0 Å². The number of hydrogen-bond acceptors (Lipinski definition) is 3. The van der Waals surface area contributed by atoms with Gasteiger partial charge in [0.25, 0.3) is 5.91 Å². The first-order chi connectivity index (χ1) is 12.2. The highest BCUT2D eigenvalue weighted by molar-refractivity contribution is 9.10. The summed E-state index contributed by atoms with van der Waals surface area (Å²) in [7, 11) is 0. The number of carbonyl (C=O) groups excluding carboxylic acids is 1. The van der Waals surface area contributed by atoms with Gasteiger partial charge in [-0.3, -0.25) is 4.79 Å². The number of rotatable bonds is 3. The first-order valence-electron chi connectivity index (χ1n) is 8.39. The third-order valence-electron chi connectivity index (χ3n) is 4.95. The Morgan fingerprint density at radius 2 is 1.92 bits per heavy atom. The number of halogens is 2. The fraction of sp³-hybridized carbons (Fsp3) is 0.250. The normalized spacial score (nSPS) is 19.5. The number of carbonyl (C=O) groups is 1. The maximum Gasteiger partial charge on any atom is 0.289 e. The quantitative estimate of drug-likeness (QED) is 0.662. The van der Waals surface area contributed by atoms with E-state index in [0.29, 0.717) is 25.4 Å². The van der Waals surface area contributed by atoms with Crippen molar-refractivity contribution in [3.63, 3.8) is 0 Å². The summed E-state index contributed by atoms with van der Waals surface area (Å²) in [4.78, 5) is 14.8. The molecule has 2 N–H and O–H groups in total. The Bertz CT molecular complexity index is 913. The minimum Gasteiger partial charge on any atom is -0.451 e. The third-order valence-corrected chi connectivity index (χ3v) is 5.44. The molecule has 1 aromatic heterocycles. The topological polar surface area (TPSA) is 59.5 Å². The SMILES string of the molecule is Cl.NC[C@@H]1CN(C(=O)c2cc3cc(Br)ccc3o2)C[C@H]1c1ccccc1. The van der Waals surface area contributed by atoms with Crippen molar-refractivity contribution in [1.29, 1.82) is 0 Å². The van der Waals surface area contributed by atoms with Gasteiger partial charge in [-0.1, -0.05) is 46.3 Å². The van der Waals surface area contributed by atoms with E-state index in [-0.39, 0.29) is 30.2 Å². The summed E-state index contributed by atoms with van der Waals surface area (Å²) in [5, 5.41) is 0.923. The second kappa shape index (κ2) is 7.82. The Balaban J connectivity index is 0.00000196. The number of furan rings is 1. The Morgan fingerprint density at radius 1 is 1.15 bits per heavy atom. The Hall–Kier alpha value is -1.82. The van der Waals surface area contributed by atoms with Crippen LogP contribution in [0, 0.1) is 5.92 Å². The van der Waals surface area contributed by atoms with E-state index in [0.717, 1.165) is 15.4 Å². The largest absolute Gasteiger partial charge is 0.451 e. The second-order valence-corrected chi connectivity index (χ2v) is 7.43. The Labute approximate surface area is 166 Å². The van der Waals surface area contributed by atoms with Gasteiger partial charge in [-0.25, -0.2) is 0 Å². The van der Waals surface area contributed by atoms with Crippen molar-refractivity contribution in [2.24, 2.45) is 11.7 Å². The number of nitrogens with zero attached hydrogens (tertiary/aromatic N) is 1. The molecule has 1 amide bonds. The Kier molecular flexibility index (Phi) is 5.70. The molecule has 1 saturated heterocycles. The number of benzene rings is 2. The molecular formula is C20H20BrClN2O2. The molecule has 1 fully saturated rings. The molecule has 1 aliphatic rings. The van der Waals surface area contributed by atoms with Gasteiger partial charge in [-0.15, -0.1) is 12.4 Å². The number of nitrogens with two attached hydrogens (primary N) is 1. The lowest BCUT2D eigenvalue weighted by molar-refractivity contribution is 0.0757. The average Bonchev–Trinajstić information content (AvgIpc) is 3.25. The number of amides is 1. The van der Waals surface area contributed by atoms with Crippen molar-refractivity contribution in [3.05, 3.63) is 70.4 Å². The molecule has 136 valence electrons. The summed E-state index contributed by atoms with van der Waals surface area (Å²) in [6, 6.07) is 17.8. The molecule has 0 saturated carbocycles. The molecule has 0 radical (unpaired) electrons. The van der Waals surface area contributed by atoms with Crippen LogP contribution in [0.2, 0.25) is 0 Å². The molecule has 2 aromatic carbocycles. The van der Waals surface area contributed by atoms with E-state index in [1.54, 1.807) is 0 Å². The first-order valence-corrected chi connectivity index (χ1v) is 9.18. The van der Waals surface area contributed by atoms with Gasteiger partial charge >= 0.3 is 0 Å². The van der Waals surface area contributed by atoms with E-state index in [4.69, 9.17) is 10.2 Å². The summed E-state index contributed by atoms with van der Waals surface area (Å²) < 4.78 is 6.73. The van der Waals surface area contributed by atoms with Crippen LogP contribution in [0.5, 0.6) is 0 Å². The van der Waals surface area contributed by atoms with E-state index in [1.807, 2.05) is 47.4 Å². The number of hydrogen-bond donors (Lipinski definition) is 1. The van der Waals surface area contributed by atoms with Gasteiger partial charge < -0.3 is 15.1 Å². The van der Waals surface area contributed by atoms with Crippen molar-refractivity contribution in [2.75, 3.05) is 19.6 Å². The Morgan fingerprint density at radius 3 is 2.65 bits per heavy atom. The maximum absolute atomic E-state index is 12.9. The van der Waals surface area contributed by atoms with Gasteiger partial charge in [0.15, 0.2) is 5.76 Å². The molecule has 1 aliphatic heterocycles. The number of fused-ring (bicyclic) bond motifs is 1. The molecule has 26 heavy (non-hydrogen) atoms. The zero-order valence-corrected chi connectivity index (χ0v) is 16.5. The minimum absolute atomic E-state index is 0. The fourth-order valence-corrected chi connectivity index (χ4v) is 4.01. The van der Waals surface area contributed by atoms with Crippen molar-refractivity contribution < 1.29 is 9.21 Å². The lowest BCUT2D eigenvalue weighted by Crippen LogP contribution is -2.29. The van der Waals surface area contributed by atoms with Crippen molar-refractivity contribution in [1.82, 2.24) is 4.90 Å². The van der Waals surface area contributed by atoms with Crippen LogP contribution in [0.3, 0.4) is 0 Å². The molecule has 2 heterocycles. The summed E-state index contributed by atoms with van der Waals surface area (Å²) >= 11 is 3.45. The lowest BCUT2D eigenvalue weighted by atomic mass is 9.89. The van der Waals surface area contributed by atoms with Gasteiger partial charge in [-0.2, -0.15) is 0 Å². The third kappa shape index (κ3) is 3.52. The van der Waals surface area contributed by atoms with Crippen LogP contribution in [0.4, 0.5) is 0 Å². The zero-order chi connectivity index (χ0) is 17.4. The van der Waals surface area contributed by atoms with E-state index >= 15 is 0 Å². The highest BCUT2D eigenvalue weighted by atomic mass is 79.9. The zero-order valence-electron chi connectivity index (χ0n) is 14.1. The summed E-state index contributed by atoms with van der Waals surface area (Å²) in [5.74, 6) is 0.861. The molecule has 2 atom stereocenters. The summed E-state index contributed by atoms with van der Waals surface area (Å²) in [6.45, 7) is 1.90. The van der Waals surface area contributed by atoms with Crippen LogP contribution in [-0.4, -0.2) is 30.4 Å². The van der Waals surface area contributed by atoms with Crippen LogP contribution >= 0.6 is 28.3 Å². The predicted octanol–water partition coefficient (Wildman–Crippen LogP) is 4.43. The molecule has 6 heteroatoms. The molecular weight excluding hydrogens is 416 g/mol. The maximum atomic E-state index is 12.9. The van der Waals surface area contributed by atoms with E-state index in [1.165, 1.54) is 5.56 Å². The van der Waals surface area contributed by atoms with E-state index in [9.17, 15) is 4.79 Å².